The summed E-state index contributed by atoms with van der Waals surface area (Å²) in [5.41, 5.74) is 1.50. The van der Waals surface area contributed by atoms with Crippen LogP contribution in [0.1, 0.15) is 5.69 Å². The second kappa shape index (κ2) is 5.96. The van der Waals surface area contributed by atoms with E-state index in [0.717, 1.165) is 17.5 Å². The zero-order valence-corrected chi connectivity index (χ0v) is 11.8. The Bertz CT molecular complexity index is 643. The molecule has 0 saturated carbocycles. The predicted molar refractivity (Wildman–Crippen MR) is 73.2 cm³/mol. The number of hydrogen-bond acceptors (Lipinski definition) is 4. The first-order chi connectivity index (χ1) is 9.52. The Morgan fingerprint density at radius 1 is 1.55 bits per heavy atom. The number of thioether (sulfide) groups is 1. The second-order valence-corrected chi connectivity index (χ2v) is 4.96. The van der Waals surface area contributed by atoms with E-state index in [1.165, 1.54) is 13.2 Å². The normalized spacial score (nSPS) is 10.6. The summed E-state index contributed by atoms with van der Waals surface area (Å²) in [6.07, 6.45) is 1.64. The number of imidazole rings is 1. The molecule has 0 aliphatic rings. The number of aromatic nitrogens is 2. The summed E-state index contributed by atoms with van der Waals surface area (Å²) in [5, 5.41) is 9.27. The Balaban J connectivity index is 2.41. The zero-order valence-electron chi connectivity index (χ0n) is 11.0. The third-order valence-electron chi connectivity index (χ3n) is 2.62. The SMILES string of the molecule is COc1cc(-n2c(C)cnc2SCC(=O)O)ccc1F. The molecule has 1 aromatic carbocycles. The molecule has 0 atom stereocenters. The van der Waals surface area contributed by atoms with Crippen LogP contribution in [0.3, 0.4) is 0 Å². The minimum Gasteiger partial charge on any atom is -0.494 e. The predicted octanol–water partition coefficient (Wildman–Crippen LogP) is 2.51. The van der Waals surface area contributed by atoms with Crippen molar-refractivity contribution in [1.82, 2.24) is 9.55 Å². The van der Waals surface area contributed by atoms with Crippen molar-refractivity contribution in [3.8, 4) is 11.4 Å². The lowest BCUT2D eigenvalue weighted by atomic mass is 10.3. The molecule has 0 fully saturated rings. The van der Waals surface area contributed by atoms with E-state index in [0.29, 0.717) is 10.8 Å². The van der Waals surface area contributed by atoms with Crippen LogP contribution in [-0.2, 0) is 4.79 Å². The largest absolute Gasteiger partial charge is 0.494 e. The summed E-state index contributed by atoms with van der Waals surface area (Å²) in [4.78, 5) is 14.8. The van der Waals surface area contributed by atoms with Crippen LogP contribution in [0, 0.1) is 12.7 Å². The molecule has 1 N–H and O–H groups in total. The van der Waals surface area contributed by atoms with Crippen LogP contribution in [0.15, 0.2) is 29.6 Å². The Labute approximate surface area is 119 Å². The highest BCUT2D eigenvalue weighted by Crippen LogP contribution is 2.26. The second-order valence-electron chi connectivity index (χ2n) is 4.02. The molecular weight excluding hydrogens is 283 g/mol. The van der Waals surface area contributed by atoms with Gasteiger partial charge in [0.1, 0.15) is 0 Å². The van der Waals surface area contributed by atoms with E-state index in [9.17, 15) is 9.18 Å². The summed E-state index contributed by atoms with van der Waals surface area (Å²) in [5.74, 6) is -1.33. The Hall–Kier alpha value is -2.02. The van der Waals surface area contributed by atoms with Gasteiger partial charge in [-0.05, 0) is 19.1 Å². The van der Waals surface area contributed by atoms with Crippen molar-refractivity contribution >= 4 is 17.7 Å². The van der Waals surface area contributed by atoms with Gasteiger partial charge in [0, 0.05) is 18.0 Å². The molecule has 7 heteroatoms. The standard InChI is InChI=1S/C13H13FN2O3S/c1-8-6-15-13(20-7-12(17)18)16(8)9-3-4-10(14)11(5-9)19-2/h3-6H,7H2,1-2H3,(H,17,18). The third-order valence-corrected chi connectivity index (χ3v) is 3.56. The van der Waals surface area contributed by atoms with Gasteiger partial charge in [-0.2, -0.15) is 0 Å². The summed E-state index contributed by atoms with van der Waals surface area (Å²) in [6, 6.07) is 4.45. The lowest BCUT2D eigenvalue weighted by Crippen LogP contribution is -2.03. The molecule has 2 rings (SSSR count). The molecule has 1 aromatic heterocycles. The molecule has 0 aliphatic carbocycles. The monoisotopic (exact) mass is 296 g/mol. The van der Waals surface area contributed by atoms with Crippen LogP contribution in [0.4, 0.5) is 4.39 Å². The van der Waals surface area contributed by atoms with E-state index in [1.807, 2.05) is 6.92 Å². The number of aryl methyl sites for hydroxylation is 1. The van der Waals surface area contributed by atoms with Crippen molar-refractivity contribution in [3.05, 3.63) is 35.9 Å². The number of carboxylic acids is 1. The average molecular weight is 296 g/mol. The first-order valence-electron chi connectivity index (χ1n) is 5.75. The highest BCUT2D eigenvalue weighted by Gasteiger charge is 2.13. The van der Waals surface area contributed by atoms with Crippen molar-refractivity contribution in [2.75, 3.05) is 12.9 Å². The minimum absolute atomic E-state index is 0.0885. The molecule has 20 heavy (non-hydrogen) atoms. The number of benzene rings is 1. The molecule has 106 valence electrons. The zero-order chi connectivity index (χ0) is 14.7. The molecule has 0 spiro atoms. The van der Waals surface area contributed by atoms with Gasteiger partial charge in [0.15, 0.2) is 16.7 Å². The van der Waals surface area contributed by atoms with E-state index in [2.05, 4.69) is 4.98 Å². The first kappa shape index (κ1) is 14.4. The Morgan fingerprint density at radius 2 is 2.30 bits per heavy atom. The number of ether oxygens (including phenoxy) is 1. The fourth-order valence-corrected chi connectivity index (χ4v) is 2.50. The van der Waals surface area contributed by atoms with Crippen molar-refractivity contribution in [2.24, 2.45) is 0 Å². The van der Waals surface area contributed by atoms with Gasteiger partial charge in [-0.15, -0.1) is 0 Å². The van der Waals surface area contributed by atoms with E-state index >= 15 is 0 Å². The summed E-state index contributed by atoms with van der Waals surface area (Å²) >= 11 is 1.11. The summed E-state index contributed by atoms with van der Waals surface area (Å²) in [7, 11) is 1.39. The maximum Gasteiger partial charge on any atom is 0.313 e. The smallest absolute Gasteiger partial charge is 0.313 e. The van der Waals surface area contributed by atoms with Gasteiger partial charge in [-0.3, -0.25) is 9.36 Å². The Morgan fingerprint density at radius 3 is 2.95 bits per heavy atom. The highest BCUT2D eigenvalue weighted by molar-refractivity contribution is 7.99. The molecule has 0 aliphatic heterocycles. The number of halogens is 1. The van der Waals surface area contributed by atoms with Gasteiger partial charge in [0.05, 0.1) is 18.6 Å². The van der Waals surface area contributed by atoms with Gasteiger partial charge in [-0.1, -0.05) is 11.8 Å². The fraction of sp³-hybridized carbons (Fsp3) is 0.231. The number of carboxylic acid groups (broad SMARTS) is 1. The van der Waals surface area contributed by atoms with Crippen LogP contribution in [0.2, 0.25) is 0 Å². The van der Waals surface area contributed by atoms with E-state index < -0.39 is 11.8 Å². The number of nitrogens with zero attached hydrogens (tertiary/aromatic N) is 2. The molecule has 5 nitrogen and oxygen atoms in total. The van der Waals surface area contributed by atoms with Crippen LogP contribution in [0.5, 0.6) is 5.75 Å². The minimum atomic E-state index is -0.918. The van der Waals surface area contributed by atoms with Gasteiger partial charge in [0.2, 0.25) is 0 Å². The lowest BCUT2D eigenvalue weighted by molar-refractivity contribution is -0.133. The third kappa shape index (κ3) is 2.93. The quantitative estimate of drug-likeness (QED) is 0.859. The molecule has 1 heterocycles. The van der Waals surface area contributed by atoms with Crippen molar-refractivity contribution < 1.29 is 19.0 Å². The molecular formula is C13H13FN2O3S. The van der Waals surface area contributed by atoms with Crippen molar-refractivity contribution in [2.45, 2.75) is 12.1 Å². The molecule has 0 amide bonds. The van der Waals surface area contributed by atoms with Crippen molar-refractivity contribution in [1.29, 1.82) is 0 Å². The molecule has 0 saturated heterocycles. The summed E-state index contributed by atoms with van der Waals surface area (Å²) < 4.78 is 20.1. The number of hydrogen-bond donors (Lipinski definition) is 1. The van der Waals surface area contributed by atoms with Gasteiger partial charge >= 0.3 is 5.97 Å². The van der Waals surface area contributed by atoms with Crippen LogP contribution >= 0.6 is 11.8 Å². The summed E-state index contributed by atoms with van der Waals surface area (Å²) in [6.45, 7) is 1.84. The fourth-order valence-electron chi connectivity index (χ4n) is 1.74. The molecule has 0 unspecified atom stereocenters. The average Bonchev–Trinajstić information content (AvgIpc) is 2.78. The number of rotatable bonds is 5. The molecule has 0 bridgehead atoms. The molecule has 0 radical (unpaired) electrons. The first-order valence-corrected chi connectivity index (χ1v) is 6.74. The van der Waals surface area contributed by atoms with Crippen LogP contribution < -0.4 is 4.74 Å². The van der Waals surface area contributed by atoms with Crippen molar-refractivity contribution in [3.63, 3.8) is 0 Å². The van der Waals surface area contributed by atoms with Crippen LogP contribution in [0.25, 0.3) is 5.69 Å². The topological polar surface area (TPSA) is 64.4 Å². The number of aliphatic carboxylic acids is 1. The number of carbonyl (C=O) groups is 1. The highest BCUT2D eigenvalue weighted by atomic mass is 32.2. The maximum absolute atomic E-state index is 13.4. The molecule has 2 aromatic rings. The van der Waals surface area contributed by atoms with Gasteiger partial charge in [-0.25, -0.2) is 9.37 Å². The number of methoxy groups -OCH3 is 1. The van der Waals surface area contributed by atoms with E-state index in [1.54, 1.807) is 22.9 Å². The van der Waals surface area contributed by atoms with E-state index in [-0.39, 0.29) is 11.5 Å². The van der Waals surface area contributed by atoms with Gasteiger partial charge in [0.25, 0.3) is 0 Å². The lowest BCUT2D eigenvalue weighted by Gasteiger charge is -2.11. The Kier molecular flexibility index (Phi) is 4.29. The van der Waals surface area contributed by atoms with E-state index in [4.69, 9.17) is 9.84 Å². The maximum atomic E-state index is 13.4. The van der Waals surface area contributed by atoms with Gasteiger partial charge < -0.3 is 9.84 Å². The van der Waals surface area contributed by atoms with Crippen LogP contribution in [-0.4, -0.2) is 33.5 Å².